The van der Waals surface area contributed by atoms with E-state index < -0.39 is 51.5 Å². The zero-order chi connectivity index (χ0) is 26.7. The fraction of sp³-hybridized carbons (Fsp3) is 0.182. The molecule has 0 amide bonds. The Hall–Kier alpha value is -4.40. The number of halogens is 6. The van der Waals surface area contributed by atoms with E-state index in [0.717, 1.165) is 22.9 Å². The van der Waals surface area contributed by atoms with Gasteiger partial charge in [-0.15, -0.1) is 0 Å². The molecule has 4 rings (SSSR count). The number of quaternary nitrogens is 1. The van der Waals surface area contributed by atoms with Gasteiger partial charge in [0.1, 0.15) is 5.75 Å². The lowest BCUT2D eigenvalue weighted by Gasteiger charge is -2.10. The second-order valence-corrected chi connectivity index (χ2v) is 7.72. The maximum Gasteiger partial charge on any atom is 0.351 e. The van der Waals surface area contributed by atoms with E-state index in [-0.39, 0.29) is 25.1 Å². The lowest BCUT2D eigenvalue weighted by atomic mass is 10.2. The Balaban J connectivity index is 1.38. The largest absolute Gasteiger partial charge is 0.475 e. The molecule has 9 nitrogen and oxygen atoms in total. The number of nitrogens with zero attached hydrogens (tertiary/aromatic N) is 6. The topological polar surface area (TPSA) is 84.1 Å². The Labute approximate surface area is 204 Å². The van der Waals surface area contributed by atoms with Crippen molar-refractivity contribution < 1.29 is 36.1 Å². The molecule has 3 heterocycles. The summed E-state index contributed by atoms with van der Waals surface area (Å²) < 4.78 is 93.3. The monoisotopic (exact) mass is 527 g/mol. The average Bonchev–Trinajstić information content (AvgIpc) is 3.23. The molecule has 0 saturated heterocycles. The lowest BCUT2D eigenvalue weighted by molar-refractivity contribution is -0.280. The molecule has 0 radical (unpaired) electrons. The van der Waals surface area contributed by atoms with Crippen molar-refractivity contribution >= 4 is 5.69 Å². The summed E-state index contributed by atoms with van der Waals surface area (Å²) in [5, 5.41) is -0.318. The van der Waals surface area contributed by atoms with Gasteiger partial charge in [-0.05, 0) is 23.8 Å². The third kappa shape index (κ3) is 6.24. The van der Waals surface area contributed by atoms with Crippen molar-refractivity contribution in [2.45, 2.75) is 13.0 Å². The summed E-state index contributed by atoms with van der Waals surface area (Å²) in [6.07, 6.45) is 5.33. The van der Waals surface area contributed by atoms with Gasteiger partial charge >= 0.3 is 5.69 Å². The molecule has 0 aliphatic carbocycles. The fourth-order valence-electron chi connectivity index (χ4n) is 3.22. The minimum atomic E-state index is -4.28. The molecule has 37 heavy (non-hydrogen) atoms. The zero-order valence-corrected chi connectivity index (χ0v) is 18.9. The number of hydrogen-bond donors (Lipinski definition) is 0. The molecule has 0 saturated carbocycles. The molecule has 0 bridgehead atoms. The third-order valence-corrected chi connectivity index (χ3v) is 4.93. The molecule has 0 unspecified atom stereocenters. The summed E-state index contributed by atoms with van der Waals surface area (Å²) in [6.45, 7) is -0.132. The smallest absolute Gasteiger partial charge is 0.351 e. The molecule has 0 atom stereocenters. The van der Waals surface area contributed by atoms with Gasteiger partial charge in [-0.1, -0.05) is 0 Å². The average molecular weight is 527 g/mol. The van der Waals surface area contributed by atoms with Crippen molar-refractivity contribution in [3.8, 4) is 17.5 Å². The Morgan fingerprint density at radius 2 is 1.73 bits per heavy atom. The summed E-state index contributed by atoms with van der Waals surface area (Å²) in [4.78, 5) is 19.5. The van der Waals surface area contributed by atoms with Crippen LogP contribution in [0.25, 0.3) is 0 Å². The van der Waals surface area contributed by atoms with E-state index in [1.807, 2.05) is 0 Å². The van der Waals surface area contributed by atoms with E-state index in [0.29, 0.717) is 17.7 Å². The highest BCUT2D eigenvalue weighted by Gasteiger charge is 2.39. The zero-order valence-electron chi connectivity index (χ0n) is 18.9. The summed E-state index contributed by atoms with van der Waals surface area (Å²) in [5.74, 6) is -5.06. The van der Waals surface area contributed by atoms with Gasteiger partial charge in [0.2, 0.25) is 5.82 Å². The second kappa shape index (κ2) is 10.3. The van der Waals surface area contributed by atoms with E-state index in [1.54, 1.807) is 13.2 Å². The number of ether oxygens (including phenoxy) is 2. The van der Waals surface area contributed by atoms with Crippen LogP contribution in [-0.4, -0.2) is 30.9 Å². The van der Waals surface area contributed by atoms with Crippen LogP contribution in [0.5, 0.6) is 17.5 Å². The van der Waals surface area contributed by atoms with Crippen molar-refractivity contribution in [3.05, 3.63) is 88.1 Å². The van der Waals surface area contributed by atoms with Crippen LogP contribution < -0.4 is 20.3 Å². The number of pyridine rings is 1. The van der Waals surface area contributed by atoms with Crippen molar-refractivity contribution in [3.63, 3.8) is 0 Å². The van der Waals surface area contributed by atoms with Gasteiger partial charge in [-0.2, -0.15) is 18.9 Å². The fourth-order valence-corrected chi connectivity index (χ4v) is 3.22. The minimum absolute atomic E-state index is 0.0241. The molecule has 0 aliphatic heterocycles. The molecule has 0 fully saturated rings. The van der Waals surface area contributed by atoms with E-state index in [9.17, 15) is 31.4 Å². The van der Waals surface area contributed by atoms with Crippen LogP contribution in [0.3, 0.4) is 0 Å². The van der Waals surface area contributed by atoms with Crippen LogP contribution in [0, 0.1) is 17.5 Å². The molecule has 194 valence electrons. The van der Waals surface area contributed by atoms with Crippen molar-refractivity contribution in [1.29, 1.82) is 0 Å². The number of aryl methyl sites for hydroxylation is 1. The first-order valence-electron chi connectivity index (χ1n) is 10.5. The molecule has 15 heteroatoms. The van der Waals surface area contributed by atoms with Gasteiger partial charge < -0.3 is 9.47 Å². The summed E-state index contributed by atoms with van der Waals surface area (Å²) in [6, 6.07) is 2.78. The Kier molecular flexibility index (Phi) is 7.15. The highest BCUT2D eigenvalue weighted by Crippen LogP contribution is 2.34. The molecule has 1 aromatic carbocycles. The first-order chi connectivity index (χ1) is 17.5. The summed E-state index contributed by atoms with van der Waals surface area (Å²) in [7, 11) is 1.70. The molecule has 0 spiro atoms. The predicted octanol–water partition coefficient (Wildman–Crippen LogP) is 4.21. The van der Waals surface area contributed by atoms with Crippen LogP contribution >= 0.6 is 0 Å². The maximum atomic E-state index is 14.4. The number of rotatable bonds is 9. The van der Waals surface area contributed by atoms with Crippen molar-refractivity contribution in [2.75, 3.05) is 6.61 Å². The van der Waals surface area contributed by atoms with Crippen LogP contribution in [0.15, 0.2) is 53.8 Å². The normalized spacial score (nSPS) is 11.5. The van der Waals surface area contributed by atoms with Crippen LogP contribution in [0.4, 0.5) is 32.3 Å². The number of benzene rings is 1. The molecular formula is C22H17F6N6O3+. The van der Waals surface area contributed by atoms with Gasteiger partial charge in [-0.25, -0.2) is 14.2 Å². The van der Waals surface area contributed by atoms with E-state index >= 15 is 0 Å². The lowest BCUT2D eigenvalue weighted by Crippen LogP contribution is -2.24. The Morgan fingerprint density at radius 3 is 2.41 bits per heavy atom. The summed E-state index contributed by atoms with van der Waals surface area (Å²) >= 11 is 0. The van der Waals surface area contributed by atoms with Crippen LogP contribution in [-0.2, 0) is 20.0 Å². The molecule has 0 N–H and O–H groups in total. The first kappa shape index (κ1) is 25.7. The SMILES string of the molecule is Cn1cc(Cn2cc(F)c(OCCc3cnc(Oc4ccc(F)c([N+](F)(F)F)c4)c(F)c3)nc2=O)cn1. The van der Waals surface area contributed by atoms with Gasteiger partial charge in [0.15, 0.2) is 11.6 Å². The molecular weight excluding hydrogens is 510 g/mol. The highest BCUT2D eigenvalue weighted by atomic mass is 19.6. The molecule has 3 aromatic heterocycles. The van der Waals surface area contributed by atoms with Gasteiger partial charge in [0.05, 0.1) is 45.1 Å². The van der Waals surface area contributed by atoms with E-state index in [1.165, 1.54) is 17.1 Å². The van der Waals surface area contributed by atoms with Gasteiger partial charge in [0, 0.05) is 31.4 Å². The standard InChI is InChI=1S/C22H17F6N6O3/c1-32-10-14(9-30-32)11-33-12-18(25)21(31-22(33)35)36-5-4-13-6-17(24)20(29-8-13)37-15-2-3-16(23)19(7-15)34(26,27)28/h2-3,6-10,12H,4-5,11H2,1H3/q+1. The minimum Gasteiger partial charge on any atom is -0.475 e. The highest BCUT2D eigenvalue weighted by molar-refractivity contribution is 5.46. The van der Waals surface area contributed by atoms with Gasteiger partial charge in [-0.3, -0.25) is 9.25 Å². The van der Waals surface area contributed by atoms with Crippen LogP contribution in [0.2, 0.25) is 0 Å². The Bertz CT molecular complexity index is 1490. The molecule has 0 aliphatic rings. The third-order valence-electron chi connectivity index (χ3n) is 4.93. The van der Waals surface area contributed by atoms with Crippen molar-refractivity contribution in [1.82, 2.24) is 29.5 Å². The van der Waals surface area contributed by atoms with E-state index in [2.05, 4.69) is 15.1 Å². The number of aromatic nitrogens is 5. The quantitative estimate of drug-likeness (QED) is 0.240. The van der Waals surface area contributed by atoms with Gasteiger partial charge in [0.25, 0.3) is 22.6 Å². The maximum absolute atomic E-state index is 14.4. The Morgan fingerprint density at radius 1 is 0.946 bits per heavy atom. The van der Waals surface area contributed by atoms with E-state index in [4.69, 9.17) is 9.47 Å². The molecule has 4 aromatic rings. The predicted molar refractivity (Wildman–Crippen MR) is 116 cm³/mol. The second-order valence-electron chi connectivity index (χ2n) is 7.72. The first-order valence-corrected chi connectivity index (χ1v) is 10.5. The van der Waals surface area contributed by atoms with Crippen molar-refractivity contribution in [2.24, 2.45) is 7.05 Å². The summed E-state index contributed by atoms with van der Waals surface area (Å²) in [5.41, 5.74) is -1.43. The number of hydrogen-bond acceptors (Lipinski definition) is 6. The van der Waals surface area contributed by atoms with Crippen LogP contribution in [0.1, 0.15) is 11.1 Å².